The molecule has 6 heteroatoms. The van der Waals surface area contributed by atoms with Crippen LogP contribution in [0.15, 0.2) is 30.3 Å². The lowest BCUT2D eigenvalue weighted by Crippen LogP contribution is -2.59. The van der Waals surface area contributed by atoms with Gasteiger partial charge in [-0.05, 0) is 44.2 Å². The van der Waals surface area contributed by atoms with Crippen molar-refractivity contribution in [2.24, 2.45) is 11.8 Å². The van der Waals surface area contributed by atoms with Crippen molar-refractivity contribution >= 4 is 17.8 Å². The number of likely N-dealkylation sites (tertiary alicyclic amines) is 2. The summed E-state index contributed by atoms with van der Waals surface area (Å²) < 4.78 is 0. The van der Waals surface area contributed by atoms with Crippen molar-refractivity contribution in [1.29, 1.82) is 0 Å². The van der Waals surface area contributed by atoms with Gasteiger partial charge in [-0.25, -0.2) is 0 Å². The summed E-state index contributed by atoms with van der Waals surface area (Å²) >= 11 is 0. The third kappa shape index (κ3) is 3.20. The highest BCUT2D eigenvalue weighted by molar-refractivity contribution is 5.99. The first kappa shape index (κ1) is 18.4. The topological polar surface area (TPSA) is 77.9 Å². The quantitative estimate of drug-likeness (QED) is 0.899. The monoisotopic (exact) mass is 358 g/mol. The average molecular weight is 358 g/mol. The zero-order valence-corrected chi connectivity index (χ0v) is 15.4. The lowest BCUT2D eigenvalue weighted by molar-refractivity contribution is -0.151. The van der Waals surface area contributed by atoms with E-state index in [4.69, 9.17) is 0 Å². The molecule has 6 nitrogen and oxygen atoms in total. The van der Waals surface area contributed by atoms with Crippen LogP contribution in [0.3, 0.4) is 0 Å². The van der Waals surface area contributed by atoms with Gasteiger partial charge in [-0.2, -0.15) is 0 Å². The Balaban J connectivity index is 1.77. The number of hydrogen-bond acceptors (Lipinski definition) is 3. The van der Waals surface area contributed by atoms with Crippen molar-refractivity contribution in [3.63, 3.8) is 0 Å². The number of amides is 2. The van der Waals surface area contributed by atoms with Crippen LogP contribution in [0.4, 0.5) is 0 Å². The molecule has 0 saturated carbocycles. The van der Waals surface area contributed by atoms with Crippen molar-refractivity contribution in [2.75, 3.05) is 19.6 Å². The number of benzene rings is 1. The molecule has 26 heavy (non-hydrogen) atoms. The van der Waals surface area contributed by atoms with Crippen molar-refractivity contribution < 1.29 is 19.5 Å². The van der Waals surface area contributed by atoms with Crippen LogP contribution in [0.1, 0.15) is 43.5 Å². The van der Waals surface area contributed by atoms with Crippen LogP contribution in [0.5, 0.6) is 0 Å². The summed E-state index contributed by atoms with van der Waals surface area (Å²) in [5.74, 6) is -1.47. The molecule has 140 valence electrons. The predicted molar refractivity (Wildman–Crippen MR) is 96.6 cm³/mol. The summed E-state index contributed by atoms with van der Waals surface area (Å²) in [6, 6.07) is 9.04. The van der Waals surface area contributed by atoms with Crippen LogP contribution in [-0.4, -0.2) is 57.9 Å². The van der Waals surface area contributed by atoms with Crippen molar-refractivity contribution in [3.05, 3.63) is 35.9 Å². The molecule has 2 fully saturated rings. The highest BCUT2D eigenvalue weighted by Gasteiger charge is 2.48. The van der Waals surface area contributed by atoms with Crippen molar-refractivity contribution in [1.82, 2.24) is 9.80 Å². The van der Waals surface area contributed by atoms with Gasteiger partial charge in [0.1, 0.15) is 5.54 Å². The molecule has 0 aromatic heterocycles. The van der Waals surface area contributed by atoms with Crippen LogP contribution < -0.4 is 0 Å². The molecule has 0 radical (unpaired) electrons. The Hall–Kier alpha value is -2.37. The second-order valence-electron chi connectivity index (χ2n) is 7.66. The number of nitrogens with zero attached hydrogens (tertiary/aromatic N) is 2. The molecule has 1 aromatic rings. The van der Waals surface area contributed by atoms with Crippen molar-refractivity contribution in [2.45, 2.75) is 38.6 Å². The maximum atomic E-state index is 13.3. The van der Waals surface area contributed by atoms with E-state index in [9.17, 15) is 19.5 Å². The number of piperidine rings is 1. The molecular weight excluding hydrogens is 332 g/mol. The lowest BCUT2D eigenvalue weighted by atomic mass is 9.85. The predicted octanol–water partition coefficient (Wildman–Crippen LogP) is 2.25. The summed E-state index contributed by atoms with van der Waals surface area (Å²) in [7, 11) is 0. The van der Waals surface area contributed by atoms with Gasteiger partial charge in [-0.1, -0.05) is 25.1 Å². The highest BCUT2D eigenvalue weighted by Crippen LogP contribution is 2.34. The van der Waals surface area contributed by atoms with Crippen LogP contribution in [-0.2, 0) is 9.59 Å². The number of carboxylic acid groups (broad SMARTS) is 1. The van der Waals surface area contributed by atoms with E-state index in [0.717, 1.165) is 6.42 Å². The molecule has 3 unspecified atom stereocenters. The molecule has 0 bridgehead atoms. The third-order valence-corrected chi connectivity index (χ3v) is 5.88. The van der Waals surface area contributed by atoms with E-state index in [-0.39, 0.29) is 17.7 Å². The van der Waals surface area contributed by atoms with Crippen LogP contribution in [0.2, 0.25) is 0 Å². The second-order valence-corrected chi connectivity index (χ2v) is 7.66. The van der Waals surface area contributed by atoms with Gasteiger partial charge < -0.3 is 14.9 Å². The standard InChI is InChI=1S/C20H26N2O4/c1-14-13-21(12-9-16(14)18(24)25)19(26)20(2)10-6-11-22(20)17(23)15-7-4-3-5-8-15/h3-5,7-8,14,16H,6,9-13H2,1-2H3,(H,24,25). The molecule has 3 rings (SSSR count). The fourth-order valence-electron chi connectivity index (χ4n) is 4.29. The van der Waals surface area contributed by atoms with Gasteiger partial charge >= 0.3 is 5.97 Å². The van der Waals surface area contributed by atoms with E-state index in [0.29, 0.717) is 38.0 Å². The van der Waals surface area contributed by atoms with Crippen LogP contribution >= 0.6 is 0 Å². The second kappa shape index (κ2) is 7.09. The van der Waals surface area contributed by atoms with Crippen LogP contribution in [0.25, 0.3) is 0 Å². The van der Waals surface area contributed by atoms with Crippen LogP contribution in [0, 0.1) is 11.8 Å². The Morgan fingerprint density at radius 2 is 1.85 bits per heavy atom. The van der Waals surface area contributed by atoms with E-state index in [1.807, 2.05) is 32.0 Å². The van der Waals surface area contributed by atoms with Crippen molar-refractivity contribution in [3.8, 4) is 0 Å². The Morgan fingerprint density at radius 3 is 2.46 bits per heavy atom. The summed E-state index contributed by atoms with van der Waals surface area (Å²) in [4.78, 5) is 41.0. The number of hydrogen-bond donors (Lipinski definition) is 1. The molecule has 0 aliphatic carbocycles. The van der Waals surface area contributed by atoms with Gasteiger partial charge in [0.2, 0.25) is 5.91 Å². The molecule has 2 saturated heterocycles. The Bertz CT molecular complexity index is 705. The molecule has 0 spiro atoms. The minimum atomic E-state index is -0.858. The van der Waals surface area contributed by atoms with E-state index in [1.54, 1.807) is 21.9 Å². The average Bonchev–Trinajstić information content (AvgIpc) is 3.03. The summed E-state index contributed by atoms with van der Waals surface area (Å²) in [6.45, 7) is 5.15. The fourth-order valence-corrected chi connectivity index (χ4v) is 4.29. The number of rotatable bonds is 3. The number of carbonyl (C=O) groups is 3. The van der Waals surface area contributed by atoms with Gasteiger partial charge in [0.25, 0.3) is 5.91 Å². The summed E-state index contributed by atoms with van der Waals surface area (Å²) in [5, 5.41) is 9.28. The number of carboxylic acids is 1. The largest absolute Gasteiger partial charge is 0.481 e. The minimum Gasteiger partial charge on any atom is -0.481 e. The first-order valence-electron chi connectivity index (χ1n) is 9.24. The maximum absolute atomic E-state index is 13.3. The van der Waals surface area contributed by atoms with Gasteiger partial charge in [-0.3, -0.25) is 14.4 Å². The van der Waals surface area contributed by atoms with Gasteiger partial charge in [-0.15, -0.1) is 0 Å². The SMILES string of the molecule is CC1CN(C(=O)C2(C)CCCN2C(=O)c2ccccc2)CCC1C(=O)O. The normalized spacial score (nSPS) is 28.8. The molecule has 1 aromatic carbocycles. The zero-order valence-electron chi connectivity index (χ0n) is 15.4. The molecule has 2 amide bonds. The fraction of sp³-hybridized carbons (Fsp3) is 0.550. The summed E-state index contributed by atoms with van der Waals surface area (Å²) in [6.07, 6.45) is 1.89. The van der Waals surface area contributed by atoms with Gasteiger partial charge in [0, 0.05) is 25.2 Å². The highest BCUT2D eigenvalue weighted by atomic mass is 16.4. The van der Waals surface area contributed by atoms with Gasteiger partial charge in [0.15, 0.2) is 0 Å². The van der Waals surface area contributed by atoms with E-state index >= 15 is 0 Å². The molecule has 2 heterocycles. The molecule has 2 aliphatic heterocycles. The smallest absolute Gasteiger partial charge is 0.306 e. The first-order valence-corrected chi connectivity index (χ1v) is 9.24. The van der Waals surface area contributed by atoms with E-state index in [2.05, 4.69) is 0 Å². The lowest BCUT2D eigenvalue weighted by Gasteiger charge is -2.42. The number of carbonyl (C=O) groups excluding carboxylic acids is 2. The van der Waals surface area contributed by atoms with E-state index < -0.39 is 17.4 Å². The maximum Gasteiger partial charge on any atom is 0.306 e. The molecule has 3 atom stereocenters. The third-order valence-electron chi connectivity index (χ3n) is 5.88. The Morgan fingerprint density at radius 1 is 1.15 bits per heavy atom. The molecule has 2 aliphatic rings. The Labute approximate surface area is 153 Å². The minimum absolute atomic E-state index is 0.0602. The zero-order chi connectivity index (χ0) is 18.9. The number of aliphatic carboxylic acids is 1. The molecule has 1 N–H and O–H groups in total. The van der Waals surface area contributed by atoms with Gasteiger partial charge in [0.05, 0.1) is 5.92 Å². The Kier molecular flexibility index (Phi) is 5.03. The van der Waals surface area contributed by atoms with E-state index in [1.165, 1.54) is 0 Å². The summed E-state index contributed by atoms with van der Waals surface area (Å²) in [5.41, 5.74) is -0.269. The first-order chi connectivity index (χ1) is 12.3. The molecular formula is C20H26N2O4.